The number of ether oxygens (including phenoxy) is 1. The molecule has 0 bridgehead atoms. The first-order valence-corrected chi connectivity index (χ1v) is 8.08. The summed E-state index contributed by atoms with van der Waals surface area (Å²) in [5.41, 5.74) is 0.403. The first-order chi connectivity index (χ1) is 10.7. The second-order valence-electron chi connectivity index (χ2n) is 5.77. The molecule has 0 saturated heterocycles. The van der Waals surface area contributed by atoms with Gasteiger partial charge in [0.05, 0.1) is 6.61 Å². The van der Waals surface area contributed by atoms with Gasteiger partial charge in [0.15, 0.2) is 0 Å². The Morgan fingerprint density at radius 1 is 1.27 bits per heavy atom. The molecule has 6 nitrogen and oxygen atoms in total. The molecule has 1 heterocycles. The molecular weight excluding hydrogens is 280 g/mol. The number of nitrogens with one attached hydrogen (secondary N) is 2. The largest absolute Gasteiger partial charge is 0.383 e. The molecule has 0 spiro atoms. The van der Waals surface area contributed by atoms with Crippen LogP contribution in [0.3, 0.4) is 0 Å². The minimum Gasteiger partial charge on any atom is -0.383 e. The second kappa shape index (κ2) is 8.68. The quantitative estimate of drug-likeness (QED) is 0.623. The second-order valence-corrected chi connectivity index (χ2v) is 5.77. The predicted molar refractivity (Wildman–Crippen MR) is 86.1 cm³/mol. The highest BCUT2D eigenvalue weighted by atomic mass is 16.5. The number of carbonyl (C=O) groups excluding carboxylic acids is 1. The standard InChI is InChI=1S/C16H26N4O2/c1-12-18-14(16(21)17-9-10-22-2)11-15(19-12)20-13-7-5-3-4-6-8-13/h11,13H,3-10H2,1-2H3,(H,17,21)(H,18,19,20). The van der Waals surface area contributed by atoms with E-state index in [2.05, 4.69) is 20.6 Å². The van der Waals surface area contributed by atoms with Gasteiger partial charge in [0.2, 0.25) is 0 Å². The van der Waals surface area contributed by atoms with Gasteiger partial charge < -0.3 is 15.4 Å². The third kappa shape index (κ3) is 5.26. The lowest BCUT2D eigenvalue weighted by atomic mass is 10.1. The first kappa shape index (κ1) is 16.7. The van der Waals surface area contributed by atoms with E-state index in [4.69, 9.17) is 4.74 Å². The maximum atomic E-state index is 12.1. The van der Waals surface area contributed by atoms with Gasteiger partial charge in [-0.25, -0.2) is 9.97 Å². The van der Waals surface area contributed by atoms with E-state index >= 15 is 0 Å². The van der Waals surface area contributed by atoms with Crippen molar-refractivity contribution in [3.63, 3.8) is 0 Å². The monoisotopic (exact) mass is 306 g/mol. The van der Waals surface area contributed by atoms with Crippen molar-refractivity contribution in [2.24, 2.45) is 0 Å². The highest BCUT2D eigenvalue weighted by Gasteiger charge is 2.15. The average Bonchev–Trinajstić information content (AvgIpc) is 2.75. The fourth-order valence-corrected chi connectivity index (χ4v) is 2.75. The van der Waals surface area contributed by atoms with Crippen molar-refractivity contribution in [2.45, 2.75) is 51.5 Å². The lowest BCUT2D eigenvalue weighted by Gasteiger charge is -2.17. The minimum absolute atomic E-state index is 0.188. The summed E-state index contributed by atoms with van der Waals surface area (Å²) < 4.78 is 4.93. The summed E-state index contributed by atoms with van der Waals surface area (Å²) in [4.78, 5) is 20.7. The molecule has 1 aliphatic carbocycles. The van der Waals surface area contributed by atoms with E-state index in [9.17, 15) is 4.79 Å². The number of hydrogen-bond acceptors (Lipinski definition) is 5. The zero-order chi connectivity index (χ0) is 15.8. The van der Waals surface area contributed by atoms with Crippen LogP contribution in [0, 0.1) is 6.92 Å². The Hall–Kier alpha value is -1.69. The number of anilines is 1. The maximum absolute atomic E-state index is 12.1. The lowest BCUT2D eigenvalue weighted by molar-refractivity contribution is 0.0931. The molecule has 0 radical (unpaired) electrons. The fourth-order valence-electron chi connectivity index (χ4n) is 2.75. The number of methoxy groups -OCH3 is 1. The Morgan fingerprint density at radius 3 is 2.68 bits per heavy atom. The molecule has 0 atom stereocenters. The molecule has 2 N–H and O–H groups in total. The van der Waals surface area contributed by atoms with Gasteiger partial charge in [0.25, 0.3) is 5.91 Å². The molecule has 1 aromatic heterocycles. The van der Waals surface area contributed by atoms with Gasteiger partial charge in [-0.05, 0) is 19.8 Å². The Bertz CT molecular complexity index is 485. The molecule has 1 fully saturated rings. The summed E-state index contributed by atoms with van der Waals surface area (Å²) in [6.07, 6.45) is 7.47. The Kier molecular flexibility index (Phi) is 6.58. The van der Waals surface area contributed by atoms with Crippen molar-refractivity contribution >= 4 is 11.7 Å². The normalized spacial score (nSPS) is 16.1. The van der Waals surface area contributed by atoms with Crippen molar-refractivity contribution in [3.8, 4) is 0 Å². The topological polar surface area (TPSA) is 76.1 Å². The zero-order valence-corrected chi connectivity index (χ0v) is 13.5. The SMILES string of the molecule is COCCNC(=O)c1cc(NC2CCCCCC2)nc(C)n1. The van der Waals surface area contributed by atoms with E-state index in [-0.39, 0.29) is 5.91 Å². The molecule has 0 aromatic carbocycles. The van der Waals surface area contributed by atoms with E-state index in [0.29, 0.717) is 30.7 Å². The van der Waals surface area contributed by atoms with Crippen molar-refractivity contribution < 1.29 is 9.53 Å². The number of aryl methyl sites for hydroxylation is 1. The summed E-state index contributed by atoms with van der Waals surface area (Å²) in [6, 6.07) is 2.18. The van der Waals surface area contributed by atoms with E-state index in [1.54, 1.807) is 13.2 Å². The molecule has 122 valence electrons. The van der Waals surface area contributed by atoms with Crippen molar-refractivity contribution in [2.75, 3.05) is 25.6 Å². The summed E-state index contributed by atoms with van der Waals surface area (Å²) in [5.74, 6) is 1.17. The van der Waals surface area contributed by atoms with Gasteiger partial charge in [-0.2, -0.15) is 0 Å². The predicted octanol–water partition coefficient (Wildman–Crippen LogP) is 2.30. The van der Waals surface area contributed by atoms with Gasteiger partial charge in [-0.3, -0.25) is 4.79 Å². The molecule has 22 heavy (non-hydrogen) atoms. The van der Waals surface area contributed by atoms with E-state index < -0.39 is 0 Å². The Balaban J connectivity index is 2.00. The number of rotatable bonds is 6. The zero-order valence-electron chi connectivity index (χ0n) is 13.5. The highest BCUT2D eigenvalue weighted by molar-refractivity contribution is 5.92. The molecule has 1 aliphatic rings. The van der Waals surface area contributed by atoms with Crippen LogP contribution in [0.1, 0.15) is 54.8 Å². The molecule has 1 amide bonds. The highest BCUT2D eigenvalue weighted by Crippen LogP contribution is 2.20. The van der Waals surface area contributed by atoms with Crippen LogP contribution in [-0.4, -0.2) is 42.2 Å². The van der Waals surface area contributed by atoms with Crippen LogP contribution in [0.25, 0.3) is 0 Å². The molecule has 6 heteroatoms. The van der Waals surface area contributed by atoms with Gasteiger partial charge in [-0.15, -0.1) is 0 Å². The van der Waals surface area contributed by atoms with Crippen LogP contribution >= 0.6 is 0 Å². The molecule has 0 aliphatic heterocycles. The average molecular weight is 306 g/mol. The molecule has 1 saturated carbocycles. The lowest BCUT2D eigenvalue weighted by Crippen LogP contribution is -2.28. The third-order valence-corrected chi connectivity index (χ3v) is 3.87. The van der Waals surface area contributed by atoms with Gasteiger partial charge in [-0.1, -0.05) is 25.7 Å². The summed E-state index contributed by atoms with van der Waals surface area (Å²) in [5, 5.41) is 6.25. The van der Waals surface area contributed by atoms with Gasteiger partial charge in [0, 0.05) is 25.8 Å². The van der Waals surface area contributed by atoms with E-state index in [1.165, 1.54) is 38.5 Å². The molecule has 1 aromatic rings. The Labute approximate surface area is 132 Å². The van der Waals surface area contributed by atoms with Crippen molar-refractivity contribution in [1.29, 1.82) is 0 Å². The maximum Gasteiger partial charge on any atom is 0.270 e. The first-order valence-electron chi connectivity index (χ1n) is 8.08. The van der Waals surface area contributed by atoms with Crippen molar-refractivity contribution in [3.05, 3.63) is 17.6 Å². The fraction of sp³-hybridized carbons (Fsp3) is 0.688. The number of amides is 1. The van der Waals surface area contributed by atoms with Crippen LogP contribution in [-0.2, 0) is 4.74 Å². The number of carbonyl (C=O) groups is 1. The van der Waals surface area contributed by atoms with E-state index in [1.807, 2.05) is 6.92 Å². The van der Waals surface area contributed by atoms with Crippen LogP contribution in [0.4, 0.5) is 5.82 Å². The van der Waals surface area contributed by atoms with Crippen LogP contribution in [0.5, 0.6) is 0 Å². The number of hydrogen-bond donors (Lipinski definition) is 2. The minimum atomic E-state index is -0.188. The third-order valence-electron chi connectivity index (χ3n) is 3.87. The van der Waals surface area contributed by atoms with Crippen molar-refractivity contribution in [1.82, 2.24) is 15.3 Å². The van der Waals surface area contributed by atoms with Crippen LogP contribution in [0.2, 0.25) is 0 Å². The molecular formula is C16H26N4O2. The molecule has 0 unspecified atom stereocenters. The van der Waals surface area contributed by atoms with Crippen LogP contribution in [0.15, 0.2) is 6.07 Å². The number of nitrogens with zero attached hydrogens (tertiary/aromatic N) is 2. The number of aromatic nitrogens is 2. The molecule has 2 rings (SSSR count). The van der Waals surface area contributed by atoms with Gasteiger partial charge >= 0.3 is 0 Å². The van der Waals surface area contributed by atoms with E-state index in [0.717, 1.165) is 5.82 Å². The summed E-state index contributed by atoms with van der Waals surface area (Å²) in [6.45, 7) is 2.77. The Morgan fingerprint density at radius 2 is 2.00 bits per heavy atom. The summed E-state index contributed by atoms with van der Waals surface area (Å²) in [7, 11) is 1.61. The smallest absolute Gasteiger partial charge is 0.270 e. The summed E-state index contributed by atoms with van der Waals surface area (Å²) >= 11 is 0. The van der Waals surface area contributed by atoms with Crippen LogP contribution < -0.4 is 10.6 Å². The van der Waals surface area contributed by atoms with Gasteiger partial charge in [0.1, 0.15) is 17.3 Å².